The van der Waals surface area contributed by atoms with Crippen molar-refractivity contribution in [2.45, 2.75) is 6.92 Å². The average molecular weight is 399 g/mol. The fraction of sp³-hybridized carbons (Fsp3) is 0.150. The van der Waals surface area contributed by atoms with Crippen LogP contribution in [0.2, 0.25) is 0 Å². The van der Waals surface area contributed by atoms with Crippen LogP contribution in [0.1, 0.15) is 12.5 Å². The predicted molar refractivity (Wildman–Crippen MR) is 114 cm³/mol. The summed E-state index contributed by atoms with van der Waals surface area (Å²) in [6.45, 7) is 1.44. The highest BCUT2D eigenvalue weighted by Gasteiger charge is 2.05. The molecule has 0 bridgehead atoms. The van der Waals surface area contributed by atoms with Gasteiger partial charge in [0.2, 0.25) is 11.8 Å². The molecule has 0 unspecified atom stereocenters. The second-order valence-corrected chi connectivity index (χ2v) is 6.06. The van der Waals surface area contributed by atoms with Crippen molar-refractivity contribution < 1.29 is 19.1 Å². The fourth-order valence-corrected chi connectivity index (χ4v) is 2.50. The Hall–Kier alpha value is -3.39. The molecule has 0 aliphatic heterocycles. The number of carbonyl (C=O) groups is 2. The molecule has 3 N–H and O–H groups in total. The van der Waals surface area contributed by atoms with E-state index in [0.29, 0.717) is 22.9 Å². The van der Waals surface area contributed by atoms with Crippen molar-refractivity contribution in [3.8, 4) is 11.5 Å². The Balaban J connectivity index is 1.91. The van der Waals surface area contributed by atoms with Crippen molar-refractivity contribution in [3.05, 3.63) is 54.1 Å². The lowest BCUT2D eigenvalue weighted by molar-refractivity contribution is -0.115. The van der Waals surface area contributed by atoms with Gasteiger partial charge in [-0.2, -0.15) is 0 Å². The van der Waals surface area contributed by atoms with Gasteiger partial charge in [-0.05, 0) is 60.3 Å². The smallest absolute Gasteiger partial charge is 0.250 e. The van der Waals surface area contributed by atoms with Crippen LogP contribution in [0.4, 0.5) is 11.4 Å². The largest absolute Gasteiger partial charge is 0.493 e. The molecule has 28 heavy (non-hydrogen) atoms. The van der Waals surface area contributed by atoms with Gasteiger partial charge in [0.25, 0.3) is 0 Å². The first-order valence-corrected chi connectivity index (χ1v) is 8.72. The zero-order chi connectivity index (χ0) is 20.5. The van der Waals surface area contributed by atoms with Crippen LogP contribution >= 0.6 is 12.2 Å². The minimum Gasteiger partial charge on any atom is -0.493 e. The summed E-state index contributed by atoms with van der Waals surface area (Å²) < 4.78 is 10.4. The van der Waals surface area contributed by atoms with Crippen molar-refractivity contribution in [3.63, 3.8) is 0 Å². The summed E-state index contributed by atoms with van der Waals surface area (Å²) in [4.78, 5) is 23.1. The van der Waals surface area contributed by atoms with E-state index in [1.165, 1.54) is 13.0 Å². The molecule has 2 rings (SSSR count). The van der Waals surface area contributed by atoms with Crippen LogP contribution in [0.15, 0.2) is 48.5 Å². The van der Waals surface area contributed by atoms with E-state index in [4.69, 9.17) is 21.7 Å². The molecule has 0 saturated heterocycles. The van der Waals surface area contributed by atoms with Crippen LogP contribution < -0.4 is 25.4 Å². The van der Waals surface area contributed by atoms with Crippen LogP contribution in [0.5, 0.6) is 11.5 Å². The molecule has 0 spiro atoms. The second kappa shape index (κ2) is 10.1. The molecule has 7 nitrogen and oxygen atoms in total. The highest BCUT2D eigenvalue weighted by atomic mass is 32.1. The molecule has 2 aromatic carbocycles. The van der Waals surface area contributed by atoms with Crippen LogP contribution in [-0.4, -0.2) is 31.1 Å². The Bertz CT molecular complexity index is 895. The molecule has 0 saturated carbocycles. The molecule has 0 radical (unpaired) electrons. The zero-order valence-electron chi connectivity index (χ0n) is 15.7. The number of nitrogens with one attached hydrogen (secondary N) is 3. The summed E-state index contributed by atoms with van der Waals surface area (Å²) in [6, 6.07) is 12.3. The number of amides is 2. The van der Waals surface area contributed by atoms with Gasteiger partial charge in [0.1, 0.15) is 0 Å². The summed E-state index contributed by atoms with van der Waals surface area (Å²) in [5.41, 5.74) is 2.13. The highest BCUT2D eigenvalue weighted by molar-refractivity contribution is 7.80. The van der Waals surface area contributed by atoms with Crippen molar-refractivity contribution in [1.82, 2.24) is 5.32 Å². The minimum atomic E-state index is -0.373. The summed E-state index contributed by atoms with van der Waals surface area (Å²) in [6.07, 6.45) is 3.01. The first-order chi connectivity index (χ1) is 13.4. The fourth-order valence-electron chi connectivity index (χ4n) is 2.28. The van der Waals surface area contributed by atoms with Crippen molar-refractivity contribution in [2.24, 2.45) is 0 Å². The summed E-state index contributed by atoms with van der Waals surface area (Å²) in [5.74, 6) is 0.663. The molecule has 2 amide bonds. The number of thiocarbonyl (C=S) groups is 1. The number of rotatable bonds is 6. The minimum absolute atomic E-state index is 0.148. The molecule has 0 aliphatic rings. The van der Waals surface area contributed by atoms with Crippen LogP contribution in [0, 0.1) is 0 Å². The lowest BCUT2D eigenvalue weighted by atomic mass is 10.2. The third-order valence-corrected chi connectivity index (χ3v) is 3.74. The Labute approximate surface area is 168 Å². The van der Waals surface area contributed by atoms with Crippen molar-refractivity contribution in [2.75, 3.05) is 24.9 Å². The highest BCUT2D eigenvalue weighted by Crippen LogP contribution is 2.27. The van der Waals surface area contributed by atoms with E-state index < -0.39 is 0 Å². The van der Waals surface area contributed by atoms with E-state index in [2.05, 4.69) is 16.0 Å². The van der Waals surface area contributed by atoms with E-state index in [1.807, 2.05) is 0 Å². The summed E-state index contributed by atoms with van der Waals surface area (Å²) in [5, 5.41) is 8.30. The van der Waals surface area contributed by atoms with Gasteiger partial charge < -0.3 is 20.1 Å². The Kier molecular flexibility index (Phi) is 7.53. The topological polar surface area (TPSA) is 88.7 Å². The van der Waals surface area contributed by atoms with E-state index in [9.17, 15) is 9.59 Å². The van der Waals surface area contributed by atoms with Gasteiger partial charge in [-0.3, -0.25) is 14.9 Å². The Morgan fingerprint density at radius 1 is 0.929 bits per heavy atom. The van der Waals surface area contributed by atoms with Gasteiger partial charge in [-0.25, -0.2) is 0 Å². The van der Waals surface area contributed by atoms with Gasteiger partial charge in [0, 0.05) is 24.4 Å². The third-order valence-electron chi connectivity index (χ3n) is 3.53. The van der Waals surface area contributed by atoms with E-state index in [0.717, 1.165) is 5.56 Å². The van der Waals surface area contributed by atoms with E-state index in [-0.39, 0.29) is 16.9 Å². The van der Waals surface area contributed by atoms with Gasteiger partial charge in [-0.15, -0.1) is 0 Å². The average Bonchev–Trinajstić information content (AvgIpc) is 2.67. The van der Waals surface area contributed by atoms with E-state index in [1.54, 1.807) is 62.8 Å². The van der Waals surface area contributed by atoms with Crippen molar-refractivity contribution >= 4 is 46.6 Å². The SMILES string of the molecule is COc1ccc(/C=C/C(=O)NC(=S)Nc2ccc(NC(C)=O)cc2)cc1OC. The van der Waals surface area contributed by atoms with E-state index >= 15 is 0 Å². The molecular weight excluding hydrogens is 378 g/mol. The number of hydrogen-bond acceptors (Lipinski definition) is 5. The zero-order valence-corrected chi connectivity index (χ0v) is 16.6. The lowest BCUT2D eigenvalue weighted by Crippen LogP contribution is -2.32. The quantitative estimate of drug-likeness (QED) is 0.511. The Morgan fingerprint density at radius 3 is 2.11 bits per heavy atom. The normalized spacial score (nSPS) is 10.2. The maximum absolute atomic E-state index is 12.0. The molecule has 0 fully saturated rings. The van der Waals surface area contributed by atoms with Gasteiger partial charge in [0.15, 0.2) is 16.6 Å². The van der Waals surface area contributed by atoms with Gasteiger partial charge in [0.05, 0.1) is 14.2 Å². The number of anilines is 2. The third kappa shape index (κ3) is 6.40. The molecule has 0 aromatic heterocycles. The first-order valence-electron chi connectivity index (χ1n) is 8.31. The predicted octanol–water partition coefficient (Wildman–Crippen LogP) is 3.19. The monoisotopic (exact) mass is 399 g/mol. The maximum atomic E-state index is 12.0. The van der Waals surface area contributed by atoms with Gasteiger partial charge >= 0.3 is 0 Å². The molecule has 0 aliphatic carbocycles. The standard InChI is InChI=1S/C20H21N3O4S/c1-13(24)21-15-6-8-16(9-7-15)22-20(28)23-19(25)11-5-14-4-10-17(26-2)18(12-14)27-3/h4-12H,1-3H3,(H,21,24)(H2,22,23,25,28)/b11-5+. The Morgan fingerprint density at radius 2 is 1.54 bits per heavy atom. The molecule has 0 heterocycles. The summed E-state index contributed by atoms with van der Waals surface area (Å²) in [7, 11) is 3.10. The first kappa shape index (κ1) is 20.9. The lowest BCUT2D eigenvalue weighted by Gasteiger charge is -2.09. The number of benzene rings is 2. The van der Waals surface area contributed by atoms with Gasteiger partial charge in [-0.1, -0.05) is 6.07 Å². The number of carbonyl (C=O) groups excluding carboxylic acids is 2. The molecule has 8 heteroatoms. The second-order valence-electron chi connectivity index (χ2n) is 5.65. The number of ether oxygens (including phenoxy) is 2. The summed E-state index contributed by atoms with van der Waals surface area (Å²) >= 11 is 5.14. The maximum Gasteiger partial charge on any atom is 0.250 e. The molecule has 146 valence electrons. The number of methoxy groups -OCH3 is 2. The number of hydrogen-bond donors (Lipinski definition) is 3. The molecule has 0 atom stereocenters. The molecule has 2 aromatic rings. The van der Waals surface area contributed by atoms with Crippen LogP contribution in [-0.2, 0) is 9.59 Å². The van der Waals surface area contributed by atoms with Crippen molar-refractivity contribution in [1.29, 1.82) is 0 Å². The van der Waals surface area contributed by atoms with Crippen LogP contribution in [0.3, 0.4) is 0 Å². The van der Waals surface area contributed by atoms with Crippen LogP contribution in [0.25, 0.3) is 6.08 Å². The molecular formula is C20H21N3O4S.